The number of hydrogen-bond donors (Lipinski definition) is 0. The topological polar surface area (TPSA) is 3.24 Å². The molecule has 0 atom stereocenters. The monoisotopic (exact) mass is 305 g/mol. The van der Waals surface area contributed by atoms with Crippen LogP contribution in [0.2, 0.25) is 0 Å². The molecular weight excluding hydrogens is 286 g/mol. The van der Waals surface area contributed by atoms with Gasteiger partial charge >= 0.3 is 0 Å². The van der Waals surface area contributed by atoms with E-state index in [4.69, 9.17) is 0 Å². The third-order valence-electron chi connectivity index (χ3n) is 4.47. The lowest BCUT2D eigenvalue weighted by atomic mass is 9.97. The highest BCUT2D eigenvalue weighted by atomic mass is 32.2. The molecule has 0 unspecified atom stereocenters. The first kappa shape index (κ1) is 14.0. The van der Waals surface area contributed by atoms with Crippen LogP contribution in [0.3, 0.4) is 0 Å². The third kappa shape index (κ3) is 2.36. The number of benzene rings is 2. The van der Waals surface area contributed by atoms with Crippen LogP contribution < -0.4 is 4.90 Å². The van der Waals surface area contributed by atoms with Gasteiger partial charge in [0.2, 0.25) is 0 Å². The van der Waals surface area contributed by atoms with Crippen LogP contribution in [0.25, 0.3) is 11.1 Å². The minimum atomic E-state index is 1.18. The minimum Gasteiger partial charge on any atom is -0.322 e. The number of hydrogen-bond acceptors (Lipinski definition) is 2. The molecule has 4 rings (SSSR count). The Labute approximate surface area is 137 Å². The lowest BCUT2D eigenvalue weighted by Gasteiger charge is -2.27. The molecular formula is C20H19NS. The lowest BCUT2D eigenvalue weighted by Crippen LogP contribution is -2.17. The van der Waals surface area contributed by atoms with Gasteiger partial charge in [-0.05, 0) is 43.7 Å². The zero-order valence-corrected chi connectivity index (χ0v) is 13.6. The molecule has 2 aromatic carbocycles. The van der Waals surface area contributed by atoms with Crippen molar-refractivity contribution in [1.29, 1.82) is 0 Å². The average Bonchev–Trinajstić information content (AvgIpc) is 2.99. The molecule has 0 amide bonds. The first-order valence-electron chi connectivity index (χ1n) is 7.94. The molecule has 110 valence electrons. The molecule has 1 nitrogen and oxygen atoms in total. The molecule has 0 saturated carbocycles. The highest BCUT2D eigenvalue weighted by Gasteiger charge is 2.29. The Hall–Kier alpha value is -1.67. The van der Waals surface area contributed by atoms with Crippen molar-refractivity contribution in [3.05, 3.63) is 70.6 Å². The van der Waals surface area contributed by atoms with E-state index < -0.39 is 0 Å². The van der Waals surface area contributed by atoms with Crippen molar-refractivity contribution in [2.24, 2.45) is 0 Å². The van der Waals surface area contributed by atoms with E-state index >= 15 is 0 Å². The van der Waals surface area contributed by atoms with Crippen LogP contribution in [0.15, 0.2) is 59.1 Å². The second kappa shape index (κ2) is 5.85. The Morgan fingerprint density at radius 2 is 1.77 bits per heavy atom. The first-order valence-corrected chi connectivity index (χ1v) is 8.76. The summed E-state index contributed by atoms with van der Waals surface area (Å²) in [6.07, 6.45) is 5.01. The molecule has 2 radical (unpaired) electrons. The molecule has 0 N–H and O–H groups in total. The molecule has 22 heavy (non-hydrogen) atoms. The molecule has 0 fully saturated rings. The van der Waals surface area contributed by atoms with Crippen molar-refractivity contribution in [1.82, 2.24) is 0 Å². The predicted molar refractivity (Wildman–Crippen MR) is 95.4 cm³/mol. The number of aryl methyl sites for hydroxylation is 1. The van der Waals surface area contributed by atoms with Crippen molar-refractivity contribution in [2.45, 2.75) is 32.6 Å². The smallest absolute Gasteiger partial charge is 0.169 e. The van der Waals surface area contributed by atoms with E-state index in [0.29, 0.717) is 0 Å². The summed E-state index contributed by atoms with van der Waals surface area (Å²) in [7, 11) is 0. The maximum atomic E-state index is 3.54. The number of anilines is 1. The van der Waals surface area contributed by atoms with Crippen molar-refractivity contribution in [3.8, 4) is 11.1 Å². The second-order valence-electron chi connectivity index (χ2n) is 5.94. The van der Waals surface area contributed by atoms with E-state index in [2.05, 4.69) is 66.2 Å². The van der Waals surface area contributed by atoms with Crippen LogP contribution in [0, 0.1) is 12.8 Å². The summed E-state index contributed by atoms with van der Waals surface area (Å²) >= 11 is 1.80. The van der Waals surface area contributed by atoms with Gasteiger partial charge in [0.15, 0.2) is 5.88 Å². The maximum Gasteiger partial charge on any atom is 0.169 e. The SMILES string of the molecule is Cc1cccc(-c2ccccc2)c1N1[C]SC2=C1CCCC2. The van der Waals surface area contributed by atoms with Crippen molar-refractivity contribution >= 4 is 17.4 Å². The number of allylic oxidation sites excluding steroid dienone is 2. The van der Waals surface area contributed by atoms with Gasteiger partial charge in [-0.1, -0.05) is 60.3 Å². The molecule has 2 aliphatic rings. The van der Waals surface area contributed by atoms with Gasteiger partial charge in [-0.2, -0.15) is 0 Å². The molecule has 0 bridgehead atoms. The van der Waals surface area contributed by atoms with Gasteiger partial charge in [-0.25, -0.2) is 0 Å². The van der Waals surface area contributed by atoms with Gasteiger partial charge in [0.05, 0.1) is 5.69 Å². The first-order chi connectivity index (χ1) is 10.8. The second-order valence-corrected chi connectivity index (χ2v) is 6.82. The quantitative estimate of drug-likeness (QED) is 0.669. The Bertz CT molecular complexity index is 718. The Balaban J connectivity index is 1.84. The standard InChI is InChI=1S/C20H19NS/c1-15-8-7-11-17(16-9-3-2-4-10-16)20(15)21-14-22-19-13-6-5-12-18(19)21/h2-4,7-11H,5-6,12-13H2,1H3. The summed E-state index contributed by atoms with van der Waals surface area (Å²) in [5, 5.41) is 0. The molecule has 0 saturated heterocycles. The zero-order chi connectivity index (χ0) is 14.9. The van der Waals surface area contributed by atoms with E-state index in [1.165, 1.54) is 58.7 Å². The van der Waals surface area contributed by atoms with Crippen molar-refractivity contribution in [2.75, 3.05) is 4.90 Å². The fourth-order valence-electron chi connectivity index (χ4n) is 3.35. The fraction of sp³-hybridized carbons (Fsp3) is 0.250. The number of thioether (sulfide) groups is 1. The summed E-state index contributed by atoms with van der Waals surface area (Å²) in [5.41, 5.74) is 6.66. The van der Waals surface area contributed by atoms with E-state index in [-0.39, 0.29) is 0 Å². The Morgan fingerprint density at radius 1 is 0.955 bits per heavy atom. The van der Waals surface area contributed by atoms with Gasteiger partial charge < -0.3 is 4.90 Å². The zero-order valence-electron chi connectivity index (χ0n) is 12.8. The average molecular weight is 305 g/mol. The predicted octanol–water partition coefficient (Wildman–Crippen LogP) is 6.00. The summed E-state index contributed by atoms with van der Waals surface area (Å²) in [6.45, 7) is 2.20. The third-order valence-corrected chi connectivity index (χ3v) is 5.43. The highest BCUT2D eigenvalue weighted by Crippen LogP contribution is 2.48. The van der Waals surface area contributed by atoms with Crippen LogP contribution in [0.4, 0.5) is 5.69 Å². The van der Waals surface area contributed by atoms with E-state index in [1.807, 2.05) is 0 Å². The molecule has 2 aromatic rings. The van der Waals surface area contributed by atoms with Crippen LogP contribution in [0.5, 0.6) is 0 Å². The Morgan fingerprint density at radius 3 is 2.64 bits per heavy atom. The van der Waals surface area contributed by atoms with Gasteiger partial charge in [-0.3, -0.25) is 0 Å². The molecule has 1 aliphatic carbocycles. The van der Waals surface area contributed by atoms with Gasteiger partial charge in [0, 0.05) is 16.2 Å². The van der Waals surface area contributed by atoms with E-state index in [9.17, 15) is 0 Å². The summed E-state index contributed by atoms with van der Waals surface area (Å²) < 4.78 is 0. The van der Waals surface area contributed by atoms with Crippen LogP contribution in [0.1, 0.15) is 31.2 Å². The van der Waals surface area contributed by atoms with Crippen molar-refractivity contribution in [3.63, 3.8) is 0 Å². The summed E-state index contributed by atoms with van der Waals surface area (Å²) in [6, 6.07) is 17.3. The van der Waals surface area contributed by atoms with Crippen molar-refractivity contribution < 1.29 is 0 Å². The van der Waals surface area contributed by atoms with Crippen LogP contribution in [-0.2, 0) is 0 Å². The number of nitrogens with zero attached hydrogens (tertiary/aromatic N) is 1. The molecule has 0 aromatic heterocycles. The highest BCUT2D eigenvalue weighted by molar-refractivity contribution is 8.05. The maximum absolute atomic E-state index is 3.54. The number of para-hydroxylation sites is 1. The normalized spacial score (nSPS) is 17.8. The fourth-order valence-corrected chi connectivity index (χ4v) is 4.31. The summed E-state index contributed by atoms with van der Waals surface area (Å²) in [5.74, 6) is 3.54. The van der Waals surface area contributed by atoms with Crippen LogP contribution in [-0.4, -0.2) is 0 Å². The molecule has 2 heteroatoms. The Kier molecular flexibility index (Phi) is 3.71. The van der Waals surface area contributed by atoms with Gasteiger partial charge in [-0.15, -0.1) is 0 Å². The molecule has 1 heterocycles. The lowest BCUT2D eigenvalue weighted by molar-refractivity contribution is 0.687. The van der Waals surface area contributed by atoms with Gasteiger partial charge in [0.1, 0.15) is 0 Å². The van der Waals surface area contributed by atoms with Crippen LogP contribution >= 0.6 is 11.8 Å². The number of rotatable bonds is 2. The van der Waals surface area contributed by atoms with E-state index in [0.717, 1.165) is 0 Å². The van der Waals surface area contributed by atoms with Gasteiger partial charge in [0.25, 0.3) is 0 Å². The van der Waals surface area contributed by atoms with E-state index in [1.54, 1.807) is 11.8 Å². The largest absolute Gasteiger partial charge is 0.322 e. The molecule has 0 spiro atoms. The minimum absolute atomic E-state index is 1.18. The summed E-state index contributed by atoms with van der Waals surface area (Å²) in [4.78, 5) is 3.85. The molecule has 1 aliphatic heterocycles.